The van der Waals surface area contributed by atoms with Crippen LogP contribution in [0, 0.1) is 5.92 Å². The van der Waals surface area contributed by atoms with Gasteiger partial charge in [0, 0.05) is 6.04 Å². The number of rotatable bonds is 5. The second-order valence-corrected chi connectivity index (χ2v) is 5.21. The Labute approximate surface area is 109 Å². The van der Waals surface area contributed by atoms with Crippen molar-refractivity contribution in [3.8, 4) is 11.5 Å². The number of benzene rings is 1. The normalized spacial score (nSPS) is 17.9. The average molecular weight is 249 g/mol. The van der Waals surface area contributed by atoms with Crippen molar-refractivity contribution in [1.29, 1.82) is 0 Å². The van der Waals surface area contributed by atoms with E-state index in [1.165, 1.54) is 25.7 Å². The van der Waals surface area contributed by atoms with Crippen LogP contribution in [-0.2, 0) is 0 Å². The number of phenols is 1. The summed E-state index contributed by atoms with van der Waals surface area (Å²) in [5.74, 6) is 1.58. The fourth-order valence-corrected chi connectivity index (χ4v) is 2.64. The van der Waals surface area contributed by atoms with Crippen molar-refractivity contribution in [3.63, 3.8) is 0 Å². The molecule has 2 N–H and O–H groups in total. The largest absolute Gasteiger partial charge is 0.504 e. The molecule has 3 nitrogen and oxygen atoms in total. The summed E-state index contributed by atoms with van der Waals surface area (Å²) >= 11 is 0. The van der Waals surface area contributed by atoms with E-state index in [0.717, 1.165) is 18.0 Å². The third-order valence-corrected chi connectivity index (χ3v) is 3.89. The highest BCUT2D eigenvalue weighted by Gasteiger charge is 2.16. The zero-order valence-corrected chi connectivity index (χ0v) is 11.3. The van der Waals surface area contributed by atoms with Gasteiger partial charge < -0.3 is 15.2 Å². The highest BCUT2D eigenvalue weighted by atomic mass is 16.5. The van der Waals surface area contributed by atoms with Crippen molar-refractivity contribution in [2.45, 2.75) is 38.6 Å². The van der Waals surface area contributed by atoms with Crippen LogP contribution in [0.2, 0.25) is 0 Å². The van der Waals surface area contributed by atoms with Crippen LogP contribution in [0.3, 0.4) is 0 Å². The maximum Gasteiger partial charge on any atom is 0.160 e. The van der Waals surface area contributed by atoms with Crippen LogP contribution in [-0.4, -0.2) is 18.8 Å². The summed E-state index contributed by atoms with van der Waals surface area (Å²) in [6.45, 7) is 3.24. The molecule has 1 saturated carbocycles. The van der Waals surface area contributed by atoms with Crippen LogP contribution in [0.15, 0.2) is 18.2 Å². The summed E-state index contributed by atoms with van der Waals surface area (Å²) in [5, 5.41) is 13.1. The lowest BCUT2D eigenvalue weighted by atomic mass is 10.1. The molecule has 2 rings (SSSR count). The van der Waals surface area contributed by atoms with Gasteiger partial charge in [-0.05, 0) is 49.9 Å². The minimum absolute atomic E-state index is 0.198. The minimum Gasteiger partial charge on any atom is -0.504 e. The number of methoxy groups -OCH3 is 1. The molecule has 1 fully saturated rings. The predicted molar refractivity (Wildman–Crippen MR) is 73.0 cm³/mol. The topological polar surface area (TPSA) is 41.5 Å². The van der Waals surface area contributed by atoms with E-state index in [2.05, 4.69) is 12.2 Å². The van der Waals surface area contributed by atoms with Crippen molar-refractivity contribution in [1.82, 2.24) is 5.32 Å². The number of ether oxygens (including phenoxy) is 1. The maximum absolute atomic E-state index is 9.57. The predicted octanol–water partition coefficient (Wildman–Crippen LogP) is 3.24. The molecule has 1 aliphatic carbocycles. The summed E-state index contributed by atoms with van der Waals surface area (Å²) in [5.41, 5.74) is 1.16. The van der Waals surface area contributed by atoms with Gasteiger partial charge in [0.05, 0.1) is 7.11 Å². The van der Waals surface area contributed by atoms with Crippen LogP contribution >= 0.6 is 0 Å². The van der Waals surface area contributed by atoms with Gasteiger partial charge in [0.2, 0.25) is 0 Å². The van der Waals surface area contributed by atoms with Crippen LogP contribution in [0.25, 0.3) is 0 Å². The molecule has 100 valence electrons. The molecule has 3 heteroatoms. The molecule has 0 radical (unpaired) electrons. The van der Waals surface area contributed by atoms with Crippen molar-refractivity contribution in [2.24, 2.45) is 5.92 Å². The van der Waals surface area contributed by atoms with Gasteiger partial charge in [-0.25, -0.2) is 0 Å². The lowest BCUT2D eigenvalue weighted by molar-refractivity contribution is 0.371. The monoisotopic (exact) mass is 249 g/mol. The Bertz CT molecular complexity index is 386. The van der Waals surface area contributed by atoms with Gasteiger partial charge >= 0.3 is 0 Å². The van der Waals surface area contributed by atoms with Crippen molar-refractivity contribution in [2.75, 3.05) is 13.7 Å². The molecule has 0 heterocycles. The zero-order valence-electron chi connectivity index (χ0n) is 11.3. The molecular formula is C15H23NO2. The van der Waals surface area contributed by atoms with Gasteiger partial charge in [-0.1, -0.05) is 18.9 Å². The Morgan fingerprint density at radius 3 is 2.78 bits per heavy atom. The van der Waals surface area contributed by atoms with E-state index in [1.807, 2.05) is 12.1 Å². The first kappa shape index (κ1) is 13.2. The lowest BCUT2D eigenvalue weighted by Crippen LogP contribution is -2.24. The molecule has 0 spiro atoms. The molecule has 1 aromatic carbocycles. The first-order valence-corrected chi connectivity index (χ1v) is 6.81. The van der Waals surface area contributed by atoms with E-state index in [4.69, 9.17) is 4.74 Å². The van der Waals surface area contributed by atoms with E-state index in [9.17, 15) is 5.11 Å². The third kappa shape index (κ3) is 3.16. The Morgan fingerprint density at radius 2 is 2.11 bits per heavy atom. The quantitative estimate of drug-likeness (QED) is 0.841. The summed E-state index contributed by atoms with van der Waals surface area (Å²) in [4.78, 5) is 0. The molecule has 1 aromatic rings. The smallest absolute Gasteiger partial charge is 0.160 e. The molecule has 0 aromatic heterocycles. The van der Waals surface area contributed by atoms with Gasteiger partial charge in [-0.15, -0.1) is 0 Å². The van der Waals surface area contributed by atoms with Gasteiger partial charge in [0.1, 0.15) is 0 Å². The number of hydrogen-bond acceptors (Lipinski definition) is 3. The second-order valence-electron chi connectivity index (χ2n) is 5.21. The molecule has 0 amide bonds. The van der Waals surface area contributed by atoms with E-state index < -0.39 is 0 Å². The van der Waals surface area contributed by atoms with Crippen LogP contribution in [0.5, 0.6) is 11.5 Å². The van der Waals surface area contributed by atoms with Crippen molar-refractivity contribution >= 4 is 0 Å². The van der Waals surface area contributed by atoms with E-state index >= 15 is 0 Å². The second kappa shape index (κ2) is 6.10. The van der Waals surface area contributed by atoms with E-state index in [1.54, 1.807) is 13.2 Å². The molecule has 1 atom stereocenters. The highest BCUT2D eigenvalue weighted by molar-refractivity contribution is 5.42. The Kier molecular flexibility index (Phi) is 4.48. The number of nitrogens with one attached hydrogen (secondary N) is 1. The minimum atomic E-state index is 0.198. The highest BCUT2D eigenvalue weighted by Crippen LogP contribution is 2.29. The third-order valence-electron chi connectivity index (χ3n) is 3.89. The molecule has 18 heavy (non-hydrogen) atoms. The summed E-state index contributed by atoms with van der Waals surface area (Å²) < 4.78 is 5.14. The fraction of sp³-hybridized carbons (Fsp3) is 0.600. The fourth-order valence-electron chi connectivity index (χ4n) is 2.64. The molecule has 1 aliphatic rings. The van der Waals surface area contributed by atoms with Crippen molar-refractivity contribution < 1.29 is 9.84 Å². The lowest BCUT2D eigenvalue weighted by Gasteiger charge is -2.18. The molecular weight excluding hydrogens is 226 g/mol. The Morgan fingerprint density at radius 1 is 1.39 bits per heavy atom. The van der Waals surface area contributed by atoms with Crippen LogP contribution in [0.1, 0.15) is 44.2 Å². The molecule has 1 unspecified atom stereocenters. The van der Waals surface area contributed by atoms with Crippen LogP contribution in [0.4, 0.5) is 0 Å². The van der Waals surface area contributed by atoms with E-state index in [0.29, 0.717) is 11.8 Å². The standard InChI is InChI=1S/C15H23NO2/c1-11(16-10-12-5-3-4-6-12)13-7-8-14(17)15(9-13)18-2/h7-9,11-12,16-17H,3-6,10H2,1-2H3. The maximum atomic E-state index is 9.57. The SMILES string of the molecule is COc1cc(C(C)NCC2CCCC2)ccc1O. The number of phenolic OH excluding ortho intramolecular Hbond substituents is 1. The first-order valence-electron chi connectivity index (χ1n) is 6.81. The summed E-state index contributed by atoms with van der Waals surface area (Å²) in [7, 11) is 1.58. The van der Waals surface area contributed by atoms with Gasteiger partial charge in [-0.3, -0.25) is 0 Å². The molecule has 0 bridgehead atoms. The summed E-state index contributed by atoms with van der Waals surface area (Å²) in [6.07, 6.45) is 5.48. The van der Waals surface area contributed by atoms with Crippen LogP contribution < -0.4 is 10.1 Å². The number of hydrogen-bond donors (Lipinski definition) is 2. The molecule has 0 saturated heterocycles. The number of aromatic hydroxyl groups is 1. The summed E-state index contributed by atoms with van der Waals surface area (Å²) in [6, 6.07) is 5.84. The Balaban J connectivity index is 1.93. The van der Waals surface area contributed by atoms with Gasteiger partial charge in [0.25, 0.3) is 0 Å². The van der Waals surface area contributed by atoms with Gasteiger partial charge in [0.15, 0.2) is 11.5 Å². The van der Waals surface area contributed by atoms with Crippen molar-refractivity contribution in [3.05, 3.63) is 23.8 Å². The average Bonchev–Trinajstić information content (AvgIpc) is 2.89. The van der Waals surface area contributed by atoms with E-state index in [-0.39, 0.29) is 5.75 Å². The first-order chi connectivity index (χ1) is 8.70. The molecule has 0 aliphatic heterocycles. The zero-order chi connectivity index (χ0) is 13.0. The van der Waals surface area contributed by atoms with Gasteiger partial charge in [-0.2, -0.15) is 0 Å². The Hall–Kier alpha value is -1.22.